The van der Waals surface area contributed by atoms with Crippen molar-refractivity contribution in [2.45, 2.75) is 43.2 Å². The minimum absolute atomic E-state index is 0. The van der Waals surface area contributed by atoms with Crippen LogP contribution in [0, 0.1) is 0 Å². The standard InChI is InChI=1S/C14H17NO2.ClH/c16-11-5-3-4-9-10-8-15-12-6-1-2-7-14(10,12)17-13(9)11;/h3-5,10,12,15-16H,1-2,6-8H2;1H. The maximum atomic E-state index is 9.93. The molecule has 2 fully saturated rings. The van der Waals surface area contributed by atoms with Crippen LogP contribution in [-0.4, -0.2) is 23.3 Å². The van der Waals surface area contributed by atoms with Crippen molar-refractivity contribution in [3.63, 3.8) is 0 Å². The largest absolute Gasteiger partial charge is 0.504 e. The van der Waals surface area contributed by atoms with Crippen LogP contribution in [0.2, 0.25) is 0 Å². The SMILES string of the molecule is Cl.Oc1cccc2c1OC13CCCCC1NCC23. The minimum Gasteiger partial charge on any atom is -0.504 e. The first-order chi connectivity index (χ1) is 8.31. The maximum absolute atomic E-state index is 9.93. The van der Waals surface area contributed by atoms with Crippen LogP contribution in [0.1, 0.15) is 37.2 Å². The van der Waals surface area contributed by atoms with E-state index in [0.717, 1.165) is 18.7 Å². The van der Waals surface area contributed by atoms with E-state index in [9.17, 15) is 5.11 Å². The van der Waals surface area contributed by atoms with Gasteiger partial charge < -0.3 is 15.2 Å². The molecule has 3 aliphatic rings. The van der Waals surface area contributed by atoms with Crippen LogP contribution in [0.4, 0.5) is 0 Å². The van der Waals surface area contributed by atoms with E-state index < -0.39 is 0 Å². The lowest BCUT2D eigenvalue weighted by molar-refractivity contribution is 0.0306. The second-order valence-electron chi connectivity index (χ2n) is 5.51. The number of fused-ring (bicyclic) bond motifs is 2. The van der Waals surface area contributed by atoms with Crippen LogP contribution in [0.5, 0.6) is 11.5 Å². The lowest BCUT2D eigenvalue weighted by Crippen LogP contribution is -2.49. The van der Waals surface area contributed by atoms with E-state index in [0.29, 0.717) is 17.7 Å². The maximum Gasteiger partial charge on any atom is 0.165 e. The quantitative estimate of drug-likeness (QED) is 0.759. The van der Waals surface area contributed by atoms with Gasteiger partial charge >= 0.3 is 0 Å². The molecule has 1 saturated carbocycles. The van der Waals surface area contributed by atoms with Gasteiger partial charge in [0, 0.05) is 24.1 Å². The van der Waals surface area contributed by atoms with Gasteiger partial charge in [-0.1, -0.05) is 18.6 Å². The molecule has 0 bridgehead atoms. The Hall–Kier alpha value is -0.930. The molecule has 0 radical (unpaired) electrons. The summed E-state index contributed by atoms with van der Waals surface area (Å²) in [7, 11) is 0. The number of ether oxygens (including phenoxy) is 1. The molecule has 3 atom stereocenters. The highest BCUT2D eigenvalue weighted by Gasteiger charge is 2.58. The minimum atomic E-state index is -0.0700. The number of benzene rings is 1. The Morgan fingerprint density at radius 1 is 1.33 bits per heavy atom. The third kappa shape index (κ3) is 1.35. The fourth-order valence-corrected chi connectivity index (χ4v) is 3.98. The molecule has 18 heavy (non-hydrogen) atoms. The number of rotatable bonds is 0. The molecule has 4 rings (SSSR count). The number of phenols is 1. The first-order valence-corrected chi connectivity index (χ1v) is 6.55. The van der Waals surface area contributed by atoms with Crippen molar-refractivity contribution in [3.05, 3.63) is 23.8 Å². The highest BCUT2D eigenvalue weighted by Crippen LogP contribution is 2.56. The summed E-state index contributed by atoms with van der Waals surface area (Å²) in [6.45, 7) is 0.987. The molecular weight excluding hydrogens is 250 g/mol. The van der Waals surface area contributed by atoms with E-state index >= 15 is 0 Å². The molecule has 1 saturated heterocycles. The van der Waals surface area contributed by atoms with Crippen LogP contribution in [0.15, 0.2) is 18.2 Å². The molecule has 1 aromatic rings. The van der Waals surface area contributed by atoms with Gasteiger partial charge in [0.25, 0.3) is 0 Å². The molecule has 1 spiro atoms. The highest BCUT2D eigenvalue weighted by molar-refractivity contribution is 5.85. The fraction of sp³-hybridized carbons (Fsp3) is 0.571. The molecule has 0 amide bonds. The zero-order valence-corrected chi connectivity index (χ0v) is 11.0. The van der Waals surface area contributed by atoms with E-state index in [2.05, 4.69) is 11.4 Å². The Labute approximate surface area is 113 Å². The average Bonchev–Trinajstić information content (AvgIpc) is 2.83. The third-order valence-electron chi connectivity index (χ3n) is 4.75. The van der Waals surface area contributed by atoms with E-state index in [-0.39, 0.29) is 18.0 Å². The van der Waals surface area contributed by atoms with E-state index in [4.69, 9.17) is 4.74 Å². The Bertz CT molecular complexity index is 479. The van der Waals surface area contributed by atoms with Gasteiger partial charge in [0.15, 0.2) is 11.5 Å². The summed E-state index contributed by atoms with van der Waals surface area (Å²) >= 11 is 0. The lowest BCUT2D eigenvalue weighted by atomic mass is 9.74. The predicted molar refractivity (Wildman–Crippen MR) is 71.7 cm³/mol. The first-order valence-electron chi connectivity index (χ1n) is 6.55. The molecule has 3 nitrogen and oxygen atoms in total. The lowest BCUT2D eigenvalue weighted by Gasteiger charge is -2.38. The topological polar surface area (TPSA) is 41.5 Å². The van der Waals surface area contributed by atoms with Crippen molar-refractivity contribution < 1.29 is 9.84 Å². The molecule has 2 N–H and O–H groups in total. The molecule has 2 heterocycles. The molecule has 4 heteroatoms. The van der Waals surface area contributed by atoms with Gasteiger partial charge in [0.2, 0.25) is 0 Å². The Kier molecular flexibility index (Phi) is 2.72. The van der Waals surface area contributed by atoms with Gasteiger partial charge in [-0.05, 0) is 25.3 Å². The molecule has 2 aliphatic heterocycles. The van der Waals surface area contributed by atoms with Gasteiger partial charge in [-0.15, -0.1) is 12.4 Å². The number of hydrogen-bond acceptors (Lipinski definition) is 3. The number of phenolic OH excluding ortho intramolecular Hbond substituents is 1. The normalized spacial score (nSPS) is 36.0. The summed E-state index contributed by atoms with van der Waals surface area (Å²) in [6.07, 6.45) is 4.84. The van der Waals surface area contributed by atoms with E-state index in [1.165, 1.54) is 24.8 Å². The molecular formula is C14H18ClNO2. The summed E-state index contributed by atoms with van der Waals surface area (Å²) in [6, 6.07) is 6.22. The van der Waals surface area contributed by atoms with Gasteiger partial charge in [0.05, 0.1) is 0 Å². The third-order valence-corrected chi connectivity index (χ3v) is 4.75. The number of halogens is 1. The van der Waals surface area contributed by atoms with Gasteiger partial charge in [0.1, 0.15) is 5.60 Å². The second kappa shape index (κ2) is 4.04. The summed E-state index contributed by atoms with van der Waals surface area (Å²) < 4.78 is 6.24. The van der Waals surface area contributed by atoms with Crippen LogP contribution in [-0.2, 0) is 0 Å². The van der Waals surface area contributed by atoms with Crippen molar-refractivity contribution in [1.29, 1.82) is 0 Å². The van der Waals surface area contributed by atoms with Crippen LogP contribution in [0.25, 0.3) is 0 Å². The number of para-hydroxylation sites is 1. The zero-order valence-electron chi connectivity index (χ0n) is 10.2. The summed E-state index contributed by atoms with van der Waals surface area (Å²) in [5.74, 6) is 1.47. The summed E-state index contributed by atoms with van der Waals surface area (Å²) in [4.78, 5) is 0. The van der Waals surface area contributed by atoms with Gasteiger partial charge in [-0.2, -0.15) is 0 Å². The van der Waals surface area contributed by atoms with Crippen LogP contribution in [0.3, 0.4) is 0 Å². The number of aromatic hydroxyl groups is 1. The Morgan fingerprint density at radius 2 is 2.22 bits per heavy atom. The van der Waals surface area contributed by atoms with Crippen molar-refractivity contribution >= 4 is 12.4 Å². The number of hydrogen-bond donors (Lipinski definition) is 2. The zero-order chi connectivity index (χ0) is 11.5. The van der Waals surface area contributed by atoms with Gasteiger partial charge in [-0.3, -0.25) is 0 Å². The smallest absolute Gasteiger partial charge is 0.165 e. The number of nitrogens with one attached hydrogen (secondary N) is 1. The second-order valence-corrected chi connectivity index (χ2v) is 5.51. The average molecular weight is 268 g/mol. The molecule has 98 valence electrons. The van der Waals surface area contributed by atoms with Crippen molar-refractivity contribution in [1.82, 2.24) is 5.32 Å². The molecule has 3 unspecified atom stereocenters. The van der Waals surface area contributed by atoms with Crippen molar-refractivity contribution in [2.24, 2.45) is 0 Å². The monoisotopic (exact) mass is 267 g/mol. The van der Waals surface area contributed by atoms with Crippen molar-refractivity contribution in [2.75, 3.05) is 6.54 Å². The van der Waals surface area contributed by atoms with Gasteiger partial charge in [-0.25, -0.2) is 0 Å². The van der Waals surface area contributed by atoms with Crippen LogP contribution < -0.4 is 10.1 Å². The summed E-state index contributed by atoms with van der Waals surface area (Å²) in [5.41, 5.74) is 1.13. The first kappa shape index (κ1) is 12.1. The summed E-state index contributed by atoms with van der Waals surface area (Å²) in [5, 5.41) is 13.5. The van der Waals surface area contributed by atoms with E-state index in [1.807, 2.05) is 6.07 Å². The molecule has 0 aromatic heterocycles. The highest BCUT2D eigenvalue weighted by atomic mass is 35.5. The molecule has 1 aliphatic carbocycles. The Balaban J connectivity index is 0.000001000. The van der Waals surface area contributed by atoms with Crippen LogP contribution >= 0.6 is 12.4 Å². The molecule has 1 aromatic carbocycles. The van der Waals surface area contributed by atoms with Crippen molar-refractivity contribution in [3.8, 4) is 11.5 Å². The predicted octanol–water partition coefficient (Wildman–Crippen LogP) is 2.57. The van der Waals surface area contributed by atoms with E-state index in [1.54, 1.807) is 6.07 Å². The fourth-order valence-electron chi connectivity index (χ4n) is 3.98. The Morgan fingerprint density at radius 3 is 3.11 bits per heavy atom.